The van der Waals surface area contributed by atoms with E-state index < -0.39 is 11.5 Å². The molecule has 1 fully saturated rings. The van der Waals surface area contributed by atoms with Crippen molar-refractivity contribution in [2.45, 2.75) is 37.8 Å². The van der Waals surface area contributed by atoms with E-state index in [1.54, 1.807) is 23.3 Å². The van der Waals surface area contributed by atoms with Gasteiger partial charge in [0.2, 0.25) is 0 Å². The van der Waals surface area contributed by atoms with E-state index in [1.807, 2.05) is 17.5 Å². The van der Waals surface area contributed by atoms with Crippen LogP contribution in [0.5, 0.6) is 0 Å². The second kappa shape index (κ2) is 5.61. The van der Waals surface area contributed by atoms with Crippen molar-refractivity contribution in [2.24, 2.45) is 0 Å². The SMILES string of the molecule is CN(Cc1cccs1)C(=O)NC1(CC(=O)O)CCC1. The second-order valence-corrected chi connectivity index (χ2v) is 6.10. The van der Waals surface area contributed by atoms with Gasteiger partial charge in [-0.15, -0.1) is 11.3 Å². The van der Waals surface area contributed by atoms with Crippen molar-refractivity contribution in [3.8, 4) is 0 Å². The van der Waals surface area contributed by atoms with Crippen LogP contribution in [0.4, 0.5) is 4.79 Å². The zero-order valence-corrected chi connectivity index (χ0v) is 11.7. The van der Waals surface area contributed by atoms with Crippen molar-refractivity contribution in [1.82, 2.24) is 10.2 Å². The molecule has 2 rings (SSSR count). The van der Waals surface area contributed by atoms with Gasteiger partial charge in [-0.05, 0) is 30.7 Å². The predicted molar refractivity (Wildman–Crippen MR) is 73.2 cm³/mol. The van der Waals surface area contributed by atoms with E-state index in [0.29, 0.717) is 6.54 Å². The lowest BCUT2D eigenvalue weighted by molar-refractivity contribution is -0.139. The molecule has 5 nitrogen and oxygen atoms in total. The van der Waals surface area contributed by atoms with Gasteiger partial charge in [0.1, 0.15) is 0 Å². The number of hydrogen-bond donors (Lipinski definition) is 2. The normalized spacial score (nSPS) is 16.5. The minimum Gasteiger partial charge on any atom is -0.481 e. The molecule has 1 aliphatic carbocycles. The maximum atomic E-state index is 12.1. The Balaban J connectivity index is 1.90. The van der Waals surface area contributed by atoms with Gasteiger partial charge in [0.25, 0.3) is 0 Å². The summed E-state index contributed by atoms with van der Waals surface area (Å²) in [6.07, 6.45) is 2.48. The van der Waals surface area contributed by atoms with E-state index in [9.17, 15) is 9.59 Å². The van der Waals surface area contributed by atoms with Gasteiger partial charge in [0.15, 0.2) is 0 Å². The number of nitrogens with one attached hydrogen (secondary N) is 1. The highest BCUT2D eigenvalue weighted by atomic mass is 32.1. The Hall–Kier alpha value is -1.56. The van der Waals surface area contributed by atoms with Crippen LogP contribution in [0.25, 0.3) is 0 Å². The summed E-state index contributed by atoms with van der Waals surface area (Å²) in [7, 11) is 1.72. The number of rotatable bonds is 5. The molecule has 0 radical (unpaired) electrons. The van der Waals surface area contributed by atoms with Crippen molar-refractivity contribution in [3.63, 3.8) is 0 Å². The number of hydrogen-bond acceptors (Lipinski definition) is 3. The fraction of sp³-hybridized carbons (Fsp3) is 0.538. The van der Waals surface area contributed by atoms with E-state index in [4.69, 9.17) is 5.11 Å². The number of aliphatic carboxylic acids is 1. The molecule has 1 heterocycles. The maximum Gasteiger partial charge on any atom is 0.317 e. The van der Waals surface area contributed by atoms with Crippen molar-refractivity contribution in [2.75, 3.05) is 7.05 Å². The predicted octanol–water partition coefficient (Wildman–Crippen LogP) is 2.29. The van der Waals surface area contributed by atoms with Gasteiger partial charge >= 0.3 is 12.0 Å². The summed E-state index contributed by atoms with van der Waals surface area (Å²) in [6.45, 7) is 0.548. The highest BCUT2D eigenvalue weighted by Gasteiger charge is 2.40. The van der Waals surface area contributed by atoms with Crippen LogP contribution < -0.4 is 5.32 Å². The van der Waals surface area contributed by atoms with E-state index in [-0.39, 0.29) is 12.5 Å². The molecular formula is C13H18N2O3S. The molecule has 0 unspecified atom stereocenters. The standard InChI is InChI=1S/C13H18N2O3S/c1-15(9-10-4-2-7-19-10)12(18)14-13(5-3-6-13)8-11(16)17/h2,4,7H,3,5-6,8-9H2,1H3,(H,14,18)(H,16,17). The molecule has 0 aromatic carbocycles. The lowest BCUT2D eigenvalue weighted by Crippen LogP contribution is -2.57. The van der Waals surface area contributed by atoms with E-state index in [0.717, 1.165) is 24.1 Å². The fourth-order valence-electron chi connectivity index (χ4n) is 2.27. The zero-order valence-electron chi connectivity index (χ0n) is 10.9. The van der Waals surface area contributed by atoms with Crippen molar-refractivity contribution in [3.05, 3.63) is 22.4 Å². The Morgan fingerprint density at radius 2 is 2.26 bits per heavy atom. The molecule has 104 valence electrons. The first-order chi connectivity index (χ1) is 9.01. The number of thiophene rings is 1. The first-order valence-corrected chi connectivity index (χ1v) is 7.16. The summed E-state index contributed by atoms with van der Waals surface area (Å²) < 4.78 is 0. The number of carboxylic acid groups (broad SMARTS) is 1. The summed E-state index contributed by atoms with van der Waals surface area (Å²) in [5, 5.41) is 13.8. The quantitative estimate of drug-likeness (QED) is 0.870. The highest BCUT2D eigenvalue weighted by molar-refractivity contribution is 7.09. The van der Waals surface area contributed by atoms with Gasteiger partial charge in [-0.1, -0.05) is 6.07 Å². The van der Waals surface area contributed by atoms with Gasteiger partial charge in [-0.3, -0.25) is 4.79 Å². The molecule has 2 N–H and O–H groups in total. The minimum absolute atomic E-state index is 0.00554. The van der Waals surface area contributed by atoms with Crippen molar-refractivity contribution >= 4 is 23.3 Å². The smallest absolute Gasteiger partial charge is 0.317 e. The van der Waals surface area contributed by atoms with Crippen molar-refractivity contribution in [1.29, 1.82) is 0 Å². The zero-order chi connectivity index (χ0) is 13.9. The van der Waals surface area contributed by atoms with Crippen LogP contribution in [0.3, 0.4) is 0 Å². The molecule has 6 heteroatoms. The first-order valence-electron chi connectivity index (χ1n) is 6.28. The van der Waals surface area contributed by atoms with Crippen molar-refractivity contribution < 1.29 is 14.7 Å². The number of amides is 2. The van der Waals surface area contributed by atoms with E-state index >= 15 is 0 Å². The lowest BCUT2D eigenvalue weighted by atomic mass is 9.74. The molecule has 0 atom stereocenters. The Kier molecular flexibility index (Phi) is 4.09. The Labute approximate surface area is 116 Å². The number of carbonyl (C=O) groups excluding carboxylic acids is 1. The third-order valence-corrected chi connectivity index (χ3v) is 4.35. The van der Waals surface area contributed by atoms with E-state index in [1.165, 1.54) is 0 Å². The first kappa shape index (κ1) is 13.9. The molecule has 1 aromatic rings. The molecule has 0 spiro atoms. The summed E-state index contributed by atoms with van der Waals surface area (Å²) in [5.41, 5.74) is -0.535. The van der Waals surface area contributed by atoms with Gasteiger partial charge in [0, 0.05) is 11.9 Å². The van der Waals surface area contributed by atoms with Gasteiger partial charge in [-0.25, -0.2) is 4.79 Å². The second-order valence-electron chi connectivity index (χ2n) is 5.07. The van der Waals surface area contributed by atoms with Crippen LogP contribution in [0.1, 0.15) is 30.6 Å². The molecule has 1 aromatic heterocycles. The van der Waals surface area contributed by atoms with E-state index in [2.05, 4.69) is 5.32 Å². The third kappa shape index (κ3) is 3.47. The average molecular weight is 282 g/mol. The fourth-order valence-corrected chi connectivity index (χ4v) is 3.03. The van der Waals surface area contributed by atoms with Crippen LogP contribution in [0.15, 0.2) is 17.5 Å². The monoisotopic (exact) mass is 282 g/mol. The largest absolute Gasteiger partial charge is 0.481 e. The number of carboxylic acids is 1. The summed E-state index contributed by atoms with van der Waals surface area (Å²) in [4.78, 5) is 25.6. The third-order valence-electron chi connectivity index (χ3n) is 3.49. The summed E-state index contributed by atoms with van der Waals surface area (Å²) in [6, 6.07) is 3.73. The topological polar surface area (TPSA) is 69.6 Å². The number of carbonyl (C=O) groups is 2. The average Bonchev–Trinajstić information content (AvgIpc) is 2.78. The summed E-state index contributed by atoms with van der Waals surface area (Å²) in [5.74, 6) is -0.860. The number of nitrogens with zero attached hydrogens (tertiary/aromatic N) is 1. The Morgan fingerprint density at radius 1 is 1.53 bits per heavy atom. The van der Waals surface area contributed by atoms with Crippen LogP contribution in [0, 0.1) is 0 Å². The van der Waals surface area contributed by atoms with Crippen LogP contribution in [-0.2, 0) is 11.3 Å². The molecule has 1 aliphatic rings. The van der Waals surface area contributed by atoms with Gasteiger partial charge in [0.05, 0.1) is 18.5 Å². The highest BCUT2D eigenvalue weighted by Crippen LogP contribution is 2.35. The Bertz CT molecular complexity index is 454. The lowest BCUT2D eigenvalue weighted by Gasteiger charge is -2.42. The van der Waals surface area contributed by atoms with Gasteiger partial charge in [-0.2, -0.15) is 0 Å². The van der Waals surface area contributed by atoms with Crippen LogP contribution >= 0.6 is 11.3 Å². The maximum absolute atomic E-state index is 12.1. The molecule has 19 heavy (non-hydrogen) atoms. The van der Waals surface area contributed by atoms with Crippen LogP contribution in [-0.4, -0.2) is 34.6 Å². The molecule has 0 saturated heterocycles. The molecule has 0 bridgehead atoms. The van der Waals surface area contributed by atoms with Crippen LogP contribution in [0.2, 0.25) is 0 Å². The molecule has 2 amide bonds. The number of urea groups is 1. The minimum atomic E-state index is -0.860. The summed E-state index contributed by atoms with van der Waals surface area (Å²) >= 11 is 1.60. The van der Waals surface area contributed by atoms with Gasteiger partial charge < -0.3 is 15.3 Å². The molecular weight excluding hydrogens is 264 g/mol. The molecule has 1 saturated carbocycles. The molecule has 0 aliphatic heterocycles. The Morgan fingerprint density at radius 3 is 2.74 bits per heavy atom.